The Hall–Kier alpha value is -0.980. The van der Waals surface area contributed by atoms with Gasteiger partial charge in [-0.15, -0.1) is 0 Å². The van der Waals surface area contributed by atoms with Crippen molar-refractivity contribution in [1.82, 2.24) is 5.32 Å². The molecular weight excluding hydrogens is 170 g/mol. The maximum Gasteiger partial charge on any atom is 0.0143 e. The molecule has 1 rings (SSSR count). The summed E-state index contributed by atoms with van der Waals surface area (Å²) in [4.78, 5) is 0. The Morgan fingerprint density at radius 1 is 1.29 bits per heavy atom. The molecule has 1 aliphatic heterocycles. The van der Waals surface area contributed by atoms with Gasteiger partial charge in [-0.2, -0.15) is 0 Å². The average Bonchev–Trinajstić information content (AvgIpc) is 2.15. The SMILES string of the molecule is C=C/C(C)=C\C=C1/CCCCCCN1. The molecule has 0 aromatic heterocycles. The number of hydrogen-bond acceptors (Lipinski definition) is 1. The van der Waals surface area contributed by atoms with E-state index in [2.05, 4.69) is 31.0 Å². The summed E-state index contributed by atoms with van der Waals surface area (Å²) in [6, 6.07) is 0. The molecule has 1 saturated heterocycles. The topological polar surface area (TPSA) is 12.0 Å². The van der Waals surface area contributed by atoms with Crippen LogP contribution in [0, 0.1) is 0 Å². The lowest BCUT2D eigenvalue weighted by atomic mass is 10.1. The molecular formula is C13H21N. The van der Waals surface area contributed by atoms with Crippen LogP contribution in [0.4, 0.5) is 0 Å². The summed E-state index contributed by atoms with van der Waals surface area (Å²) in [6.45, 7) is 6.95. The molecule has 0 aromatic rings. The highest BCUT2D eigenvalue weighted by atomic mass is 14.9. The summed E-state index contributed by atoms with van der Waals surface area (Å²) in [5.74, 6) is 0. The molecule has 0 aromatic carbocycles. The molecule has 1 heteroatoms. The van der Waals surface area contributed by atoms with E-state index in [1.54, 1.807) is 0 Å². The second-order valence-corrected chi connectivity index (χ2v) is 3.90. The fourth-order valence-electron chi connectivity index (χ4n) is 1.57. The summed E-state index contributed by atoms with van der Waals surface area (Å²) in [5.41, 5.74) is 2.60. The Morgan fingerprint density at radius 2 is 2.07 bits per heavy atom. The van der Waals surface area contributed by atoms with Crippen molar-refractivity contribution < 1.29 is 0 Å². The molecule has 0 spiro atoms. The van der Waals surface area contributed by atoms with E-state index in [0.717, 1.165) is 6.54 Å². The Balaban J connectivity index is 2.50. The minimum Gasteiger partial charge on any atom is -0.388 e. The summed E-state index contributed by atoms with van der Waals surface area (Å²) in [6.07, 6.45) is 12.8. The van der Waals surface area contributed by atoms with Crippen LogP contribution in [-0.4, -0.2) is 6.54 Å². The van der Waals surface area contributed by atoms with Crippen LogP contribution in [0.3, 0.4) is 0 Å². The van der Waals surface area contributed by atoms with Gasteiger partial charge in [0.2, 0.25) is 0 Å². The van der Waals surface area contributed by atoms with Crippen molar-refractivity contribution in [2.45, 2.75) is 39.0 Å². The zero-order valence-corrected chi connectivity index (χ0v) is 9.18. The lowest BCUT2D eigenvalue weighted by molar-refractivity contribution is 0.563. The van der Waals surface area contributed by atoms with E-state index in [-0.39, 0.29) is 0 Å². The van der Waals surface area contributed by atoms with Crippen LogP contribution in [0.1, 0.15) is 39.0 Å². The molecule has 1 fully saturated rings. The lowest BCUT2D eigenvalue weighted by Crippen LogP contribution is -2.16. The van der Waals surface area contributed by atoms with Gasteiger partial charge in [-0.1, -0.05) is 37.1 Å². The first-order valence-corrected chi connectivity index (χ1v) is 5.56. The van der Waals surface area contributed by atoms with E-state index in [4.69, 9.17) is 0 Å². The van der Waals surface area contributed by atoms with Crippen LogP contribution < -0.4 is 5.32 Å². The van der Waals surface area contributed by atoms with E-state index in [1.807, 2.05) is 6.08 Å². The average molecular weight is 191 g/mol. The van der Waals surface area contributed by atoms with E-state index >= 15 is 0 Å². The zero-order valence-electron chi connectivity index (χ0n) is 9.18. The Labute approximate surface area is 87.6 Å². The fraction of sp³-hybridized carbons (Fsp3) is 0.538. The van der Waals surface area contributed by atoms with Crippen LogP contribution in [0.5, 0.6) is 0 Å². The van der Waals surface area contributed by atoms with Crippen molar-refractivity contribution in [3.05, 3.63) is 36.1 Å². The van der Waals surface area contributed by atoms with Crippen molar-refractivity contribution in [1.29, 1.82) is 0 Å². The van der Waals surface area contributed by atoms with Gasteiger partial charge in [0.15, 0.2) is 0 Å². The van der Waals surface area contributed by atoms with Gasteiger partial charge < -0.3 is 5.32 Å². The third kappa shape index (κ3) is 4.31. The van der Waals surface area contributed by atoms with E-state index in [9.17, 15) is 0 Å². The van der Waals surface area contributed by atoms with E-state index < -0.39 is 0 Å². The van der Waals surface area contributed by atoms with Crippen molar-refractivity contribution in [2.75, 3.05) is 6.54 Å². The molecule has 1 nitrogen and oxygen atoms in total. The molecule has 14 heavy (non-hydrogen) atoms. The number of rotatable bonds is 2. The maximum atomic E-state index is 3.74. The third-order valence-electron chi connectivity index (χ3n) is 2.59. The Bertz CT molecular complexity index is 226. The van der Waals surface area contributed by atoms with Gasteiger partial charge in [0.05, 0.1) is 0 Å². The second-order valence-electron chi connectivity index (χ2n) is 3.90. The molecule has 0 atom stereocenters. The molecule has 0 bridgehead atoms. The highest BCUT2D eigenvalue weighted by Gasteiger charge is 2.00. The van der Waals surface area contributed by atoms with E-state index in [1.165, 1.54) is 43.4 Å². The number of nitrogens with one attached hydrogen (secondary N) is 1. The van der Waals surface area contributed by atoms with Gasteiger partial charge in [-0.05, 0) is 32.3 Å². The number of allylic oxidation sites excluding steroid dienone is 5. The summed E-state index contributed by atoms with van der Waals surface area (Å²) in [5, 5.41) is 3.48. The summed E-state index contributed by atoms with van der Waals surface area (Å²) < 4.78 is 0. The summed E-state index contributed by atoms with van der Waals surface area (Å²) >= 11 is 0. The number of hydrogen-bond donors (Lipinski definition) is 1. The predicted octanol–water partition coefficient (Wildman–Crippen LogP) is 3.56. The first kappa shape index (κ1) is 11.1. The maximum absolute atomic E-state index is 3.74. The van der Waals surface area contributed by atoms with Gasteiger partial charge >= 0.3 is 0 Å². The molecule has 1 heterocycles. The largest absolute Gasteiger partial charge is 0.388 e. The predicted molar refractivity (Wildman–Crippen MR) is 63.1 cm³/mol. The standard InChI is InChI=1S/C13H21N/c1-3-12(2)9-10-13-8-6-4-5-7-11-14-13/h3,9-10,14H,1,4-8,11H2,2H3/b12-9-,13-10+. The minimum absolute atomic E-state index is 1.13. The van der Waals surface area contributed by atoms with Crippen LogP contribution in [0.15, 0.2) is 36.1 Å². The van der Waals surface area contributed by atoms with Crippen LogP contribution >= 0.6 is 0 Å². The van der Waals surface area contributed by atoms with Crippen molar-refractivity contribution >= 4 is 0 Å². The van der Waals surface area contributed by atoms with Gasteiger partial charge in [-0.25, -0.2) is 0 Å². The van der Waals surface area contributed by atoms with Crippen LogP contribution in [0.2, 0.25) is 0 Å². The van der Waals surface area contributed by atoms with Gasteiger partial charge in [0, 0.05) is 12.2 Å². The highest BCUT2D eigenvalue weighted by Crippen LogP contribution is 2.12. The first-order valence-electron chi connectivity index (χ1n) is 5.56. The molecule has 0 unspecified atom stereocenters. The van der Waals surface area contributed by atoms with Crippen LogP contribution in [0.25, 0.3) is 0 Å². The van der Waals surface area contributed by atoms with Crippen molar-refractivity contribution in [3.8, 4) is 0 Å². The fourth-order valence-corrected chi connectivity index (χ4v) is 1.57. The molecule has 78 valence electrons. The molecule has 1 aliphatic rings. The third-order valence-corrected chi connectivity index (χ3v) is 2.59. The van der Waals surface area contributed by atoms with Crippen LogP contribution in [-0.2, 0) is 0 Å². The Morgan fingerprint density at radius 3 is 2.86 bits per heavy atom. The minimum atomic E-state index is 1.13. The van der Waals surface area contributed by atoms with Gasteiger partial charge in [0.25, 0.3) is 0 Å². The molecule has 0 radical (unpaired) electrons. The second kappa shape index (κ2) is 6.47. The van der Waals surface area contributed by atoms with Gasteiger partial charge in [-0.3, -0.25) is 0 Å². The monoisotopic (exact) mass is 191 g/mol. The Kier molecular flexibility index (Phi) is 5.13. The smallest absolute Gasteiger partial charge is 0.0143 e. The molecule has 0 amide bonds. The molecule has 0 saturated carbocycles. The van der Waals surface area contributed by atoms with Gasteiger partial charge in [0.1, 0.15) is 0 Å². The first-order chi connectivity index (χ1) is 6.83. The normalized spacial score (nSPS) is 22.4. The van der Waals surface area contributed by atoms with E-state index in [0.29, 0.717) is 0 Å². The molecule has 1 N–H and O–H groups in total. The summed E-state index contributed by atoms with van der Waals surface area (Å²) in [7, 11) is 0. The van der Waals surface area contributed by atoms with Crippen molar-refractivity contribution in [2.24, 2.45) is 0 Å². The van der Waals surface area contributed by atoms with Crippen molar-refractivity contribution in [3.63, 3.8) is 0 Å². The lowest BCUT2D eigenvalue weighted by Gasteiger charge is -2.14. The molecule has 0 aliphatic carbocycles. The highest BCUT2D eigenvalue weighted by molar-refractivity contribution is 5.22. The zero-order chi connectivity index (χ0) is 10.2. The quantitative estimate of drug-likeness (QED) is 0.658.